The second-order valence-corrected chi connectivity index (χ2v) is 4.05. The fraction of sp³-hybridized carbons (Fsp3) is 0.273. The first-order chi connectivity index (χ1) is 8.24. The van der Waals surface area contributed by atoms with E-state index in [-0.39, 0.29) is 5.91 Å². The Morgan fingerprint density at radius 1 is 1.47 bits per heavy atom. The van der Waals surface area contributed by atoms with Crippen LogP contribution in [0.25, 0.3) is 0 Å². The summed E-state index contributed by atoms with van der Waals surface area (Å²) in [5, 5.41) is 13.6. The molecule has 1 saturated heterocycles. The number of nitrogens with one attached hydrogen (secondary N) is 2. The fourth-order valence-electron chi connectivity index (χ4n) is 1.99. The number of amides is 1. The first-order valence-corrected chi connectivity index (χ1v) is 5.34. The minimum absolute atomic E-state index is 0.110. The molecule has 2 N–H and O–H groups in total. The van der Waals surface area contributed by atoms with Crippen LogP contribution < -0.4 is 10.6 Å². The van der Waals surface area contributed by atoms with E-state index in [2.05, 4.69) is 32.4 Å². The molecule has 1 fully saturated rings. The molecule has 2 aliphatic rings. The van der Waals surface area contributed by atoms with Crippen LogP contribution >= 0.6 is 0 Å². The third-order valence-electron chi connectivity index (χ3n) is 2.80. The van der Waals surface area contributed by atoms with E-state index in [1.165, 1.54) is 0 Å². The summed E-state index contributed by atoms with van der Waals surface area (Å²) in [5.74, 6) is -0.110. The molecule has 1 atom stereocenters. The van der Waals surface area contributed by atoms with Gasteiger partial charge in [-0.3, -0.25) is 15.1 Å². The molecule has 6 heteroatoms. The summed E-state index contributed by atoms with van der Waals surface area (Å²) in [6, 6.07) is 1.41. The number of aromatic nitrogens is 2. The van der Waals surface area contributed by atoms with E-state index in [0.29, 0.717) is 18.7 Å². The maximum Gasteiger partial charge on any atom is 0.247 e. The summed E-state index contributed by atoms with van der Waals surface area (Å²) >= 11 is 0. The van der Waals surface area contributed by atoms with Crippen LogP contribution in [0.5, 0.6) is 0 Å². The molecule has 0 aliphatic carbocycles. The van der Waals surface area contributed by atoms with Crippen molar-refractivity contribution in [3.8, 4) is 0 Å². The quantitative estimate of drug-likeness (QED) is 0.693. The zero-order chi connectivity index (χ0) is 11.8. The fourth-order valence-corrected chi connectivity index (χ4v) is 1.99. The second-order valence-electron chi connectivity index (χ2n) is 4.05. The average Bonchev–Trinajstić information content (AvgIpc) is 2.72. The smallest absolute Gasteiger partial charge is 0.247 e. The highest BCUT2D eigenvalue weighted by molar-refractivity contribution is 6.12. The van der Waals surface area contributed by atoms with Crippen LogP contribution in [0.1, 0.15) is 5.69 Å². The summed E-state index contributed by atoms with van der Waals surface area (Å²) in [7, 11) is 0. The largest absolute Gasteiger partial charge is 0.327 e. The Balaban J connectivity index is 1.84. The summed E-state index contributed by atoms with van der Waals surface area (Å²) in [6.07, 6.45) is 2.17. The molecule has 3 heterocycles. The predicted molar refractivity (Wildman–Crippen MR) is 61.9 cm³/mol. The summed E-state index contributed by atoms with van der Waals surface area (Å²) in [4.78, 5) is 16.2. The van der Waals surface area contributed by atoms with Gasteiger partial charge in [-0.05, 0) is 6.07 Å². The van der Waals surface area contributed by atoms with Gasteiger partial charge >= 0.3 is 0 Å². The normalized spacial score (nSPS) is 23.1. The number of aliphatic imine (C=N–C) groups is 1. The lowest BCUT2D eigenvalue weighted by Crippen LogP contribution is -2.55. The molecule has 1 aromatic rings. The van der Waals surface area contributed by atoms with E-state index in [0.717, 1.165) is 17.1 Å². The third-order valence-corrected chi connectivity index (χ3v) is 2.80. The van der Waals surface area contributed by atoms with Crippen LogP contribution in [-0.4, -0.2) is 34.4 Å². The van der Waals surface area contributed by atoms with Crippen LogP contribution in [0.3, 0.4) is 0 Å². The van der Waals surface area contributed by atoms with Crippen LogP contribution in [0.4, 0.5) is 5.69 Å². The topological polar surface area (TPSA) is 79.3 Å². The monoisotopic (exact) mass is 229 g/mol. The van der Waals surface area contributed by atoms with Crippen molar-refractivity contribution < 1.29 is 4.79 Å². The molecular formula is C11H11N5O. The van der Waals surface area contributed by atoms with Gasteiger partial charge in [-0.2, -0.15) is 10.2 Å². The molecule has 0 spiro atoms. The number of carbonyl (C=O) groups is 1. The van der Waals surface area contributed by atoms with E-state index in [9.17, 15) is 4.79 Å². The Morgan fingerprint density at radius 2 is 2.35 bits per heavy atom. The highest BCUT2D eigenvalue weighted by Gasteiger charge is 2.31. The van der Waals surface area contributed by atoms with E-state index < -0.39 is 6.04 Å². The second kappa shape index (κ2) is 3.74. The number of fused-ring (bicyclic) bond motifs is 1. The predicted octanol–water partition coefficient (Wildman–Crippen LogP) is -0.293. The van der Waals surface area contributed by atoms with Crippen molar-refractivity contribution in [3.05, 3.63) is 30.2 Å². The molecule has 2 aliphatic heterocycles. The standard InChI is InChI=1S/C11H11N5O/c1-6-5-12-10(11(17)14-6)9-4-8-7(15-9)2-3-13-16-8/h2-3,10,12H,1,4-5H2,(H,14,17). The van der Waals surface area contributed by atoms with E-state index in [4.69, 9.17) is 0 Å². The van der Waals surface area contributed by atoms with Crippen molar-refractivity contribution in [2.24, 2.45) is 4.99 Å². The van der Waals surface area contributed by atoms with Gasteiger partial charge in [0.1, 0.15) is 6.04 Å². The number of hydrogen-bond acceptors (Lipinski definition) is 5. The van der Waals surface area contributed by atoms with Crippen LogP contribution in [0.15, 0.2) is 29.5 Å². The molecule has 3 rings (SSSR count). The first-order valence-electron chi connectivity index (χ1n) is 5.34. The SMILES string of the molecule is C=C1CNC(C2=Nc3ccnnc3C2)C(=O)N1. The van der Waals surface area contributed by atoms with Gasteiger partial charge in [-0.1, -0.05) is 6.58 Å². The summed E-state index contributed by atoms with van der Waals surface area (Å²) in [6.45, 7) is 4.28. The molecule has 1 amide bonds. The third kappa shape index (κ3) is 1.72. The van der Waals surface area contributed by atoms with E-state index >= 15 is 0 Å². The lowest BCUT2D eigenvalue weighted by atomic mass is 10.1. The van der Waals surface area contributed by atoms with Crippen molar-refractivity contribution in [1.82, 2.24) is 20.8 Å². The molecule has 6 nitrogen and oxygen atoms in total. The zero-order valence-electron chi connectivity index (χ0n) is 9.10. The van der Waals surface area contributed by atoms with Crippen molar-refractivity contribution >= 4 is 17.3 Å². The highest BCUT2D eigenvalue weighted by Crippen LogP contribution is 2.24. The molecule has 86 valence electrons. The van der Waals surface area contributed by atoms with Gasteiger partial charge < -0.3 is 5.32 Å². The van der Waals surface area contributed by atoms with E-state index in [1.807, 2.05) is 0 Å². The molecule has 1 aromatic heterocycles. The molecule has 0 saturated carbocycles. The number of piperazine rings is 1. The van der Waals surface area contributed by atoms with Gasteiger partial charge in [0.05, 0.1) is 23.3 Å². The molecule has 17 heavy (non-hydrogen) atoms. The maximum absolute atomic E-state index is 11.8. The average molecular weight is 229 g/mol. The number of hydrogen-bond donors (Lipinski definition) is 2. The molecule has 0 bridgehead atoms. The van der Waals surface area contributed by atoms with Crippen molar-refractivity contribution in [1.29, 1.82) is 0 Å². The van der Waals surface area contributed by atoms with E-state index in [1.54, 1.807) is 12.3 Å². The lowest BCUT2D eigenvalue weighted by Gasteiger charge is -2.24. The van der Waals surface area contributed by atoms with Gasteiger partial charge in [0.15, 0.2) is 0 Å². The first kappa shape index (κ1) is 10.1. The van der Waals surface area contributed by atoms with Crippen molar-refractivity contribution in [2.45, 2.75) is 12.5 Å². The van der Waals surface area contributed by atoms with Gasteiger partial charge in [0.2, 0.25) is 5.91 Å². The Morgan fingerprint density at radius 3 is 3.12 bits per heavy atom. The van der Waals surface area contributed by atoms with Crippen LogP contribution in [0.2, 0.25) is 0 Å². The Labute approximate surface area is 97.8 Å². The number of rotatable bonds is 1. The molecule has 0 radical (unpaired) electrons. The number of nitrogens with zero attached hydrogens (tertiary/aromatic N) is 3. The lowest BCUT2D eigenvalue weighted by molar-refractivity contribution is -0.121. The number of carbonyl (C=O) groups excluding carboxylic acids is 1. The van der Waals surface area contributed by atoms with Crippen LogP contribution in [0, 0.1) is 0 Å². The van der Waals surface area contributed by atoms with Gasteiger partial charge in [-0.15, -0.1) is 0 Å². The van der Waals surface area contributed by atoms with Gasteiger partial charge in [0, 0.05) is 18.7 Å². The van der Waals surface area contributed by atoms with Crippen molar-refractivity contribution in [2.75, 3.05) is 6.54 Å². The zero-order valence-corrected chi connectivity index (χ0v) is 9.10. The minimum Gasteiger partial charge on any atom is -0.327 e. The highest BCUT2D eigenvalue weighted by atomic mass is 16.2. The Hall–Kier alpha value is -2.08. The Kier molecular flexibility index (Phi) is 2.22. The van der Waals surface area contributed by atoms with Crippen LogP contribution in [-0.2, 0) is 11.2 Å². The Bertz CT molecular complexity index is 536. The van der Waals surface area contributed by atoms with Crippen molar-refractivity contribution in [3.63, 3.8) is 0 Å². The summed E-state index contributed by atoms with van der Waals surface area (Å²) < 4.78 is 0. The van der Waals surface area contributed by atoms with Gasteiger partial charge in [0.25, 0.3) is 0 Å². The maximum atomic E-state index is 11.8. The molecule has 0 aromatic carbocycles. The summed E-state index contributed by atoms with van der Waals surface area (Å²) in [5.41, 5.74) is 3.09. The van der Waals surface area contributed by atoms with Gasteiger partial charge in [-0.25, -0.2) is 0 Å². The molecular weight excluding hydrogens is 218 g/mol. The molecule has 1 unspecified atom stereocenters. The minimum atomic E-state index is -0.394.